The van der Waals surface area contributed by atoms with Crippen LogP contribution in [0.5, 0.6) is 11.5 Å². The van der Waals surface area contributed by atoms with E-state index in [4.69, 9.17) is 14.7 Å². The molecule has 2 heterocycles. The molecular weight excluding hydrogens is 394 g/mol. The van der Waals surface area contributed by atoms with E-state index in [9.17, 15) is 13.2 Å². The van der Waals surface area contributed by atoms with Gasteiger partial charge in [0.2, 0.25) is 16.1 Å². The summed E-state index contributed by atoms with van der Waals surface area (Å²) in [5.74, 6) is 0.920. The molecule has 2 aliphatic rings. The lowest BCUT2D eigenvalue weighted by atomic mass is 10.2. The number of hydrogen-bond acceptors (Lipinski definition) is 6. The van der Waals surface area contributed by atoms with Crippen molar-refractivity contribution in [3.8, 4) is 17.6 Å². The van der Waals surface area contributed by atoms with Crippen LogP contribution in [-0.4, -0.2) is 62.4 Å². The van der Waals surface area contributed by atoms with Crippen molar-refractivity contribution in [2.75, 3.05) is 32.8 Å². The summed E-state index contributed by atoms with van der Waals surface area (Å²) in [6, 6.07) is 14.9. The Morgan fingerprint density at radius 1 is 1.00 bits per heavy atom. The number of nitrogens with zero attached hydrogens (tertiary/aromatic N) is 3. The molecule has 0 unspecified atom stereocenters. The SMILES string of the molecule is N#Cc1ccc(S(=O)(=O)N2CCN(C(=O)[C@H]3COc4ccccc4O3)CC2)cc1. The number of carbonyl (C=O) groups is 1. The first-order valence-electron chi connectivity index (χ1n) is 9.16. The van der Waals surface area contributed by atoms with Crippen molar-refractivity contribution >= 4 is 15.9 Å². The van der Waals surface area contributed by atoms with Crippen LogP contribution in [0.15, 0.2) is 53.4 Å². The summed E-state index contributed by atoms with van der Waals surface area (Å²) < 4.78 is 38.3. The summed E-state index contributed by atoms with van der Waals surface area (Å²) in [6.07, 6.45) is -0.744. The van der Waals surface area contributed by atoms with Gasteiger partial charge in [0.05, 0.1) is 16.5 Å². The topological polar surface area (TPSA) is 99.9 Å². The first-order chi connectivity index (χ1) is 14.0. The molecule has 8 nitrogen and oxygen atoms in total. The van der Waals surface area contributed by atoms with Crippen molar-refractivity contribution in [3.63, 3.8) is 0 Å². The number of ether oxygens (including phenoxy) is 2. The summed E-state index contributed by atoms with van der Waals surface area (Å²) >= 11 is 0. The summed E-state index contributed by atoms with van der Waals surface area (Å²) in [7, 11) is -3.67. The van der Waals surface area contributed by atoms with E-state index in [1.165, 1.54) is 28.6 Å². The monoisotopic (exact) mass is 413 g/mol. The Morgan fingerprint density at radius 3 is 2.31 bits per heavy atom. The first kappa shape index (κ1) is 19.2. The molecular formula is C20H19N3O5S. The first-order valence-corrected chi connectivity index (χ1v) is 10.6. The molecule has 0 bridgehead atoms. The Morgan fingerprint density at radius 2 is 1.66 bits per heavy atom. The lowest BCUT2D eigenvalue weighted by molar-refractivity contribution is -0.142. The van der Waals surface area contributed by atoms with Crippen molar-refractivity contribution in [3.05, 3.63) is 54.1 Å². The lowest BCUT2D eigenvalue weighted by Crippen LogP contribution is -2.55. The summed E-state index contributed by atoms with van der Waals surface area (Å²) in [4.78, 5) is 14.5. The van der Waals surface area contributed by atoms with E-state index in [1.807, 2.05) is 18.2 Å². The quantitative estimate of drug-likeness (QED) is 0.750. The minimum atomic E-state index is -3.67. The van der Waals surface area contributed by atoms with Crippen molar-refractivity contribution in [2.24, 2.45) is 0 Å². The van der Waals surface area contributed by atoms with Gasteiger partial charge in [0.25, 0.3) is 5.91 Å². The molecule has 0 N–H and O–H groups in total. The fourth-order valence-corrected chi connectivity index (χ4v) is 4.77. The van der Waals surface area contributed by atoms with Gasteiger partial charge in [0, 0.05) is 26.2 Å². The minimum absolute atomic E-state index is 0.125. The van der Waals surface area contributed by atoms with Crippen LogP contribution >= 0.6 is 0 Å². The fraction of sp³-hybridized carbons (Fsp3) is 0.300. The maximum Gasteiger partial charge on any atom is 0.267 e. The zero-order chi connectivity index (χ0) is 20.4. The highest BCUT2D eigenvalue weighted by atomic mass is 32.2. The van der Waals surface area contributed by atoms with Gasteiger partial charge < -0.3 is 14.4 Å². The van der Waals surface area contributed by atoms with Crippen LogP contribution in [0.1, 0.15) is 5.56 Å². The highest BCUT2D eigenvalue weighted by Crippen LogP contribution is 2.31. The third-order valence-electron chi connectivity index (χ3n) is 4.96. The van der Waals surface area contributed by atoms with Gasteiger partial charge in [-0.1, -0.05) is 12.1 Å². The standard InChI is InChI=1S/C20H19N3O5S/c21-13-15-5-7-16(8-6-15)29(25,26)23-11-9-22(10-12-23)20(24)19-14-27-17-3-1-2-4-18(17)28-19/h1-8,19H,9-12,14H2/t19-/m1/s1. The Hall–Kier alpha value is -3.09. The smallest absolute Gasteiger partial charge is 0.267 e. The number of nitriles is 1. The molecule has 0 spiro atoms. The number of amides is 1. The van der Waals surface area contributed by atoms with Crippen molar-refractivity contribution in [1.82, 2.24) is 9.21 Å². The van der Waals surface area contributed by atoms with Crippen LogP contribution < -0.4 is 9.47 Å². The van der Waals surface area contributed by atoms with E-state index in [1.54, 1.807) is 17.0 Å². The highest BCUT2D eigenvalue weighted by molar-refractivity contribution is 7.89. The van der Waals surface area contributed by atoms with Crippen LogP contribution in [0.25, 0.3) is 0 Å². The Kier molecular flexibility index (Phi) is 5.13. The van der Waals surface area contributed by atoms with Gasteiger partial charge in [0.1, 0.15) is 6.61 Å². The second-order valence-corrected chi connectivity index (χ2v) is 8.67. The second kappa shape index (κ2) is 7.73. The second-order valence-electron chi connectivity index (χ2n) is 6.73. The van der Waals surface area contributed by atoms with E-state index in [0.717, 1.165) is 0 Å². The van der Waals surface area contributed by atoms with Gasteiger partial charge in [-0.25, -0.2) is 8.42 Å². The zero-order valence-electron chi connectivity index (χ0n) is 15.5. The third-order valence-corrected chi connectivity index (χ3v) is 6.87. The summed E-state index contributed by atoms with van der Waals surface area (Å²) in [6.45, 7) is 1.06. The molecule has 2 aromatic rings. The minimum Gasteiger partial charge on any atom is -0.485 e. The molecule has 1 fully saturated rings. The molecule has 150 valence electrons. The Labute approximate surface area is 168 Å². The summed E-state index contributed by atoms with van der Waals surface area (Å²) in [5, 5.41) is 8.86. The van der Waals surface area contributed by atoms with Gasteiger partial charge in [-0.05, 0) is 36.4 Å². The number of para-hydroxylation sites is 2. The normalized spacial score (nSPS) is 19.4. The molecule has 1 atom stereocenters. The number of rotatable bonds is 3. The maximum atomic E-state index is 12.8. The van der Waals surface area contributed by atoms with Crippen molar-refractivity contribution in [1.29, 1.82) is 5.26 Å². The number of fused-ring (bicyclic) bond motifs is 1. The average Bonchev–Trinajstić information content (AvgIpc) is 2.78. The highest BCUT2D eigenvalue weighted by Gasteiger charge is 2.35. The molecule has 1 amide bonds. The number of hydrogen-bond donors (Lipinski definition) is 0. The predicted molar refractivity (Wildman–Crippen MR) is 103 cm³/mol. The fourth-order valence-electron chi connectivity index (χ4n) is 3.34. The van der Waals surface area contributed by atoms with E-state index in [2.05, 4.69) is 0 Å². The van der Waals surface area contributed by atoms with Gasteiger partial charge in [-0.3, -0.25) is 4.79 Å². The van der Waals surface area contributed by atoms with E-state index < -0.39 is 16.1 Å². The molecule has 0 aliphatic carbocycles. The number of sulfonamides is 1. The molecule has 0 saturated carbocycles. The van der Waals surface area contributed by atoms with Crippen LogP contribution in [0.4, 0.5) is 0 Å². The Bertz CT molecular complexity index is 1050. The maximum absolute atomic E-state index is 12.8. The van der Waals surface area contributed by atoms with Gasteiger partial charge in [-0.15, -0.1) is 0 Å². The molecule has 1 saturated heterocycles. The molecule has 2 aliphatic heterocycles. The van der Waals surface area contributed by atoms with Crippen LogP contribution in [0.2, 0.25) is 0 Å². The predicted octanol–water partition coefficient (Wildman–Crippen LogP) is 1.23. The Balaban J connectivity index is 1.39. The molecule has 0 aromatic heterocycles. The summed E-state index contributed by atoms with van der Waals surface area (Å²) in [5.41, 5.74) is 0.399. The van der Waals surface area contributed by atoms with E-state index in [-0.39, 0.29) is 43.6 Å². The van der Waals surface area contributed by atoms with Crippen molar-refractivity contribution in [2.45, 2.75) is 11.0 Å². The van der Waals surface area contributed by atoms with E-state index in [0.29, 0.717) is 17.1 Å². The van der Waals surface area contributed by atoms with E-state index >= 15 is 0 Å². The average molecular weight is 413 g/mol. The van der Waals surface area contributed by atoms with Gasteiger partial charge in [0.15, 0.2) is 11.5 Å². The number of piperazine rings is 1. The third kappa shape index (κ3) is 3.77. The largest absolute Gasteiger partial charge is 0.485 e. The lowest BCUT2D eigenvalue weighted by Gasteiger charge is -2.36. The van der Waals surface area contributed by atoms with Gasteiger partial charge in [-0.2, -0.15) is 9.57 Å². The van der Waals surface area contributed by atoms with Crippen LogP contribution in [-0.2, 0) is 14.8 Å². The van der Waals surface area contributed by atoms with Crippen molar-refractivity contribution < 1.29 is 22.7 Å². The van der Waals surface area contributed by atoms with Gasteiger partial charge >= 0.3 is 0 Å². The number of benzene rings is 2. The number of carbonyl (C=O) groups excluding carboxylic acids is 1. The molecule has 29 heavy (non-hydrogen) atoms. The molecule has 0 radical (unpaired) electrons. The zero-order valence-corrected chi connectivity index (χ0v) is 16.3. The molecule has 2 aromatic carbocycles. The van der Waals surface area contributed by atoms with Crippen LogP contribution in [0.3, 0.4) is 0 Å². The molecule has 9 heteroatoms. The van der Waals surface area contributed by atoms with Crippen LogP contribution in [0, 0.1) is 11.3 Å². The molecule has 4 rings (SSSR count).